The molecule has 0 spiro atoms. The van der Waals surface area contributed by atoms with E-state index < -0.39 is 0 Å². The number of benzene rings is 6. The maximum Gasteiger partial charge on any atom is 0.0543 e. The van der Waals surface area contributed by atoms with Gasteiger partial charge in [0.25, 0.3) is 0 Å². The second-order valence-electron chi connectivity index (χ2n) is 14.3. The lowest BCUT2D eigenvalue weighted by molar-refractivity contribution is 0.654. The molecule has 2 aliphatic carbocycles. The van der Waals surface area contributed by atoms with Crippen LogP contribution in [-0.2, 0) is 10.8 Å². The van der Waals surface area contributed by atoms with Gasteiger partial charge in [-0.25, -0.2) is 0 Å². The zero-order valence-electron chi connectivity index (χ0n) is 28.0. The molecule has 0 atom stereocenters. The quantitative estimate of drug-likeness (QED) is 0.196. The largest absolute Gasteiger partial charge is 0.309 e. The van der Waals surface area contributed by atoms with Crippen LogP contribution in [0.5, 0.6) is 0 Å². The first-order valence-electron chi connectivity index (χ1n) is 16.5. The number of fused-ring (bicyclic) bond motifs is 6. The highest BCUT2D eigenvalue weighted by atomic mass is 15.1. The van der Waals surface area contributed by atoms with Gasteiger partial charge in [0.1, 0.15) is 0 Å². The summed E-state index contributed by atoms with van der Waals surface area (Å²) in [5, 5.41) is 0. The SMILES string of the molecule is Cc1cc2c(c(C)c1C)C(C)(C)c1cccc(N(c3ccc(-c4ccccc4)cc3)c3cccc4c3-c3ccccc3C4(C)C)c1-2. The molecule has 0 aliphatic heterocycles. The van der Waals surface area contributed by atoms with Gasteiger partial charge in [0, 0.05) is 27.6 Å². The van der Waals surface area contributed by atoms with Crippen molar-refractivity contribution >= 4 is 17.1 Å². The Kier molecular flexibility index (Phi) is 6.25. The van der Waals surface area contributed by atoms with Crippen molar-refractivity contribution < 1.29 is 0 Å². The van der Waals surface area contributed by atoms with E-state index in [2.05, 4.69) is 175 Å². The molecule has 2 aliphatic rings. The van der Waals surface area contributed by atoms with E-state index >= 15 is 0 Å². The number of aryl methyl sites for hydroxylation is 1. The average Bonchev–Trinajstić information content (AvgIpc) is 3.45. The van der Waals surface area contributed by atoms with Crippen molar-refractivity contribution in [3.05, 3.63) is 160 Å². The summed E-state index contributed by atoms with van der Waals surface area (Å²) in [6.07, 6.45) is 0. The average molecular weight is 596 g/mol. The highest BCUT2D eigenvalue weighted by molar-refractivity contribution is 6.00. The molecule has 6 aromatic rings. The van der Waals surface area contributed by atoms with E-state index in [1.807, 2.05) is 0 Å². The third-order valence-corrected chi connectivity index (χ3v) is 11.1. The number of hydrogen-bond acceptors (Lipinski definition) is 1. The molecule has 8 rings (SSSR count). The molecular weight excluding hydrogens is 555 g/mol. The fraction of sp³-hybridized carbons (Fsp3) is 0.200. The van der Waals surface area contributed by atoms with Crippen molar-refractivity contribution in [2.24, 2.45) is 0 Å². The van der Waals surface area contributed by atoms with E-state index in [0.717, 1.165) is 5.69 Å². The molecule has 0 amide bonds. The Balaban J connectivity index is 1.43. The van der Waals surface area contributed by atoms with Gasteiger partial charge in [-0.05, 0) is 106 Å². The minimum atomic E-state index is -0.0979. The minimum Gasteiger partial charge on any atom is -0.309 e. The van der Waals surface area contributed by atoms with Gasteiger partial charge >= 0.3 is 0 Å². The standard InChI is InChI=1S/C45H41N/c1-28-27-35-42-38(45(6,7)43(35)30(3)29(28)2)20-14-22-40(42)46(33-25-23-32(24-26-33)31-15-9-8-10-16-31)39-21-13-19-37-41(39)34-17-11-12-18-36(34)44(37,4)5/h8-27H,1-7H3. The summed E-state index contributed by atoms with van der Waals surface area (Å²) in [6, 6.07) is 45.1. The summed E-state index contributed by atoms with van der Waals surface area (Å²) in [5.74, 6) is 0. The van der Waals surface area contributed by atoms with Crippen molar-refractivity contribution in [3.63, 3.8) is 0 Å². The summed E-state index contributed by atoms with van der Waals surface area (Å²) < 4.78 is 0. The molecule has 0 saturated carbocycles. The topological polar surface area (TPSA) is 3.24 Å². The van der Waals surface area contributed by atoms with Gasteiger partial charge in [-0.3, -0.25) is 0 Å². The fourth-order valence-electron chi connectivity index (χ4n) is 8.51. The van der Waals surface area contributed by atoms with Crippen molar-refractivity contribution in [1.82, 2.24) is 0 Å². The van der Waals surface area contributed by atoms with E-state index in [1.54, 1.807) is 0 Å². The molecule has 1 nitrogen and oxygen atoms in total. The maximum absolute atomic E-state index is 2.54. The highest BCUT2D eigenvalue weighted by Gasteiger charge is 2.41. The molecule has 0 bridgehead atoms. The van der Waals surface area contributed by atoms with Gasteiger partial charge in [0.05, 0.1) is 11.4 Å². The second kappa shape index (κ2) is 10.1. The molecular formula is C45H41N. The molecule has 0 fully saturated rings. The van der Waals surface area contributed by atoms with Crippen LogP contribution < -0.4 is 4.90 Å². The van der Waals surface area contributed by atoms with Crippen LogP contribution in [0.1, 0.15) is 66.6 Å². The van der Waals surface area contributed by atoms with Gasteiger partial charge in [-0.2, -0.15) is 0 Å². The monoisotopic (exact) mass is 595 g/mol. The van der Waals surface area contributed by atoms with E-state index in [4.69, 9.17) is 0 Å². The molecule has 46 heavy (non-hydrogen) atoms. The molecule has 0 radical (unpaired) electrons. The second-order valence-corrected chi connectivity index (χ2v) is 14.3. The van der Waals surface area contributed by atoms with Gasteiger partial charge in [-0.1, -0.05) is 125 Å². The third-order valence-electron chi connectivity index (χ3n) is 11.1. The van der Waals surface area contributed by atoms with E-state index in [-0.39, 0.29) is 10.8 Å². The first kappa shape index (κ1) is 28.6. The Hall–Kier alpha value is -4.88. The molecule has 6 aromatic carbocycles. The Bertz CT molecular complexity index is 2160. The summed E-state index contributed by atoms with van der Waals surface area (Å²) in [6.45, 7) is 16.4. The number of anilines is 3. The van der Waals surface area contributed by atoms with E-state index in [0.29, 0.717) is 0 Å². The lowest BCUT2D eigenvalue weighted by Gasteiger charge is -2.31. The Morgan fingerprint density at radius 2 is 1.00 bits per heavy atom. The van der Waals surface area contributed by atoms with Crippen LogP contribution in [0.2, 0.25) is 0 Å². The molecule has 0 saturated heterocycles. The third kappa shape index (κ3) is 3.94. The summed E-state index contributed by atoms with van der Waals surface area (Å²) >= 11 is 0. The van der Waals surface area contributed by atoms with Crippen LogP contribution >= 0.6 is 0 Å². The first-order chi connectivity index (χ1) is 22.1. The predicted molar refractivity (Wildman–Crippen MR) is 196 cm³/mol. The van der Waals surface area contributed by atoms with Crippen LogP contribution in [0.25, 0.3) is 33.4 Å². The summed E-state index contributed by atoms with van der Waals surface area (Å²) in [4.78, 5) is 2.54. The van der Waals surface area contributed by atoms with Crippen molar-refractivity contribution in [3.8, 4) is 33.4 Å². The van der Waals surface area contributed by atoms with Crippen LogP contribution in [0, 0.1) is 20.8 Å². The summed E-state index contributed by atoms with van der Waals surface area (Å²) in [5.41, 5.74) is 21.1. The van der Waals surface area contributed by atoms with Crippen LogP contribution in [0.4, 0.5) is 17.1 Å². The fourth-order valence-corrected chi connectivity index (χ4v) is 8.51. The van der Waals surface area contributed by atoms with E-state index in [1.165, 1.54) is 83.7 Å². The Morgan fingerprint density at radius 1 is 0.457 bits per heavy atom. The van der Waals surface area contributed by atoms with Crippen LogP contribution in [0.15, 0.2) is 121 Å². The predicted octanol–water partition coefficient (Wildman–Crippen LogP) is 12.4. The Morgan fingerprint density at radius 3 is 1.67 bits per heavy atom. The smallest absolute Gasteiger partial charge is 0.0543 e. The summed E-state index contributed by atoms with van der Waals surface area (Å²) in [7, 11) is 0. The number of nitrogens with zero attached hydrogens (tertiary/aromatic N) is 1. The zero-order valence-corrected chi connectivity index (χ0v) is 28.0. The van der Waals surface area contributed by atoms with Crippen molar-refractivity contribution in [2.45, 2.75) is 59.3 Å². The lowest BCUT2D eigenvalue weighted by atomic mass is 9.79. The minimum absolute atomic E-state index is 0.0796. The van der Waals surface area contributed by atoms with Gasteiger partial charge in [0.15, 0.2) is 0 Å². The molecule has 0 unspecified atom stereocenters. The zero-order chi connectivity index (χ0) is 32.0. The molecule has 1 heteroatoms. The normalized spacial score (nSPS) is 14.8. The molecule has 0 heterocycles. The van der Waals surface area contributed by atoms with E-state index in [9.17, 15) is 0 Å². The van der Waals surface area contributed by atoms with Crippen molar-refractivity contribution in [1.29, 1.82) is 0 Å². The van der Waals surface area contributed by atoms with Crippen LogP contribution in [0.3, 0.4) is 0 Å². The lowest BCUT2D eigenvalue weighted by Crippen LogP contribution is -2.18. The van der Waals surface area contributed by atoms with Gasteiger partial charge in [0.2, 0.25) is 0 Å². The highest BCUT2D eigenvalue weighted by Crippen LogP contribution is 2.58. The van der Waals surface area contributed by atoms with Crippen LogP contribution in [-0.4, -0.2) is 0 Å². The van der Waals surface area contributed by atoms with Gasteiger partial charge < -0.3 is 4.90 Å². The number of hydrogen-bond donors (Lipinski definition) is 0. The molecule has 226 valence electrons. The molecule has 0 N–H and O–H groups in total. The number of rotatable bonds is 4. The first-order valence-corrected chi connectivity index (χ1v) is 16.5. The maximum atomic E-state index is 2.54. The van der Waals surface area contributed by atoms with Crippen molar-refractivity contribution in [2.75, 3.05) is 4.90 Å². The molecule has 0 aromatic heterocycles. The van der Waals surface area contributed by atoms with Gasteiger partial charge in [-0.15, -0.1) is 0 Å². The Labute approximate surface area is 274 Å².